The zero-order chi connectivity index (χ0) is 13.1. The van der Waals surface area contributed by atoms with E-state index in [1.807, 2.05) is 0 Å². The second-order valence-corrected chi connectivity index (χ2v) is 4.33. The number of carbonyl (C=O) groups is 1. The molecular formula is C11H10Cl2N4O. The fraction of sp³-hybridized carbons (Fsp3) is 0.0909. The van der Waals surface area contributed by atoms with Crippen LogP contribution in [0, 0.1) is 0 Å². The molecule has 0 radical (unpaired) electrons. The van der Waals surface area contributed by atoms with Crippen molar-refractivity contribution in [1.29, 1.82) is 0 Å². The van der Waals surface area contributed by atoms with Crippen LogP contribution in [-0.4, -0.2) is 15.8 Å². The lowest BCUT2D eigenvalue weighted by Crippen LogP contribution is -2.21. The van der Waals surface area contributed by atoms with Gasteiger partial charge in [-0.2, -0.15) is 5.10 Å². The number of nitrogens with zero attached hydrogens (tertiary/aromatic N) is 2. The van der Waals surface area contributed by atoms with Gasteiger partial charge >= 0.3 is 6.03 Å². The zero-order valence-corrected chi connectivity index (χ0v) is 11.0. The minimum absolute atomic E-state index is 0.375. The first-order valence-corrected chi connectivity index (χ1v) is 5.83. The Kier molecular flexibility index (Phi) is 3.74. The summed E-state index contributed by atoms with van der Waals surface area (Å²) in [5.41, 5.74) is 0.375. The van der Waals surface area contributed by atoms with E-state index in [4.69, 9.17) is 23.2 Å². The van der Waals surface area contributed by atoms with Crippen molar-refractivity contribution in [2.45, 2.75) is 0 Å². The lowest BCUT2D eigenvalue weighted by molar-refractivity contribution is 0.262. The van der Waals surface area contributed by atoms with Crippen molar-refractivity contribution in [3.05, 3.63) is 40.5 Å². The second-order valence-electron chi connectivity index (χ2n) is 3.52. The zero-order valence-electron chi connectivity index (χ0n) is 9.45. The summed E-state index contributed by atoms with van der Waals surface area (Å²) >= 11 is 11.9. The van der Waals surface area contributed by atoms with E-state index in [1.54, 1.807) is 37.5 Å². The van der Waals surface area contributed by atoms with Gasteiger partial charge in [-0.3, -0.25) is 10.00 Å². The summed E-state index contributed by atoms with van der Waals surface area (Å²) in [5, 5.41) is 9.90. The van der Waals surface area contributed by atoms with Crippen molar-refractivity contribution in [3.63, 3.8) is 0 Å². The van der Waals surface area contributed by atoms with Crippen LogP contribution in [0.1, 0.15) is 0 Å². The summed E-state index contributed by atoms with van der Waals surface area (Å²) in [6, 6.07) is 6.23. The quantitative estimate of drug-likeness (QED) is 0.888. The molecule has 0 aliphatic rings. The molecule has 2 N–H and O–H groups in total. The molecule has 18 heavy (non-hydrogen) atoms. The number of anilines is 2. The molecule has 2 aromatic rings. The first kappa shape index (κ1) is 12.7. The van der Waals surface area contributed by atoms with Crippen LogP contribution in [0.3, 0.4) is 0 Å². The number of urea groups is 1. The number of benzene rings is 1. The minimum atomic E-state index is -0.436. The first-order chi connectivity index (χ1) is 8.58. The van der Waals surface area contributed by atoms with E-state index in [2.05, 4.69) is 15.7 Å². The lowest BCUT2D eigenvalue weighted by Gasteiger charge is -2.10. The standard InChI is InChI=1S/C11H10Cl2N4O/c1-17-9(5-6-14-17)15-11(18)16-10-7(12)3-2-4-8(10)13/h2-6H,1H3,(H2,15,16,18). The molecule has 7 heteroatoms. The van der Waals surface area contributed by atoms with Crippen molar-refractivity contribution in [1.82, 2.24) is 9.78 Å². The number of carbonyl (C=O) groups excluding carboxylic acids is 1. The molecular weight excluding hydrogens is 275 g/mol. The Morgan fingerprint density at radius 1 is 1.22 bits per heavy atom. The van der Waals surface area contributed by atoms with Gasteiger partial charge in [-0.25, -0.2) is 4.79 Å². The highest BCUT2D eigenvalue weighted by atomic mass is 35.5. The molecule has 2 rings (SSSR count). The van der Waals surface area contributed by atoms with Crippen molar-refractivity contribution in [2.24, 2.45) is 7.05 Å². The number of hydrogen-bond donors (Lipinski definition) is 2. The van der Waals surface area contributed by atoms with E-state index in [0.717, 1.165) is 0 Å². The normalized spacial score (nSPS) is 10.2. The Labute approximate surface area is 114 Å². The highest BCUT2D eigenvalue weighted by molar-refractivity contribution is 6.39. The molecule has 0 bridgehead atoms. The first-order valence-electron chi connectivity index (χ1n) is 5.08. The van der Waals surface area contributed by atoms with E-state index >= 15 is 0 Å². The van der Waals surface area contributed by atoms with Crippen LogP contribution >= 0.6 is 23.2 Å². The average molecular weight is 285 g/mol. The topological polar surface area (TPSA) is 59.0 Å². The van der Waals surface area contributed by atoms with Crippen molar-refractivity contribution in [3.8, 4) is 0 Å². The van der Waals surface area contributed by atoms with E-state index in [9.17, 15) is 4.79 Å². The Morgan fingerprint density at radius 3 is 2.44 bits per heavy atom. The van der Waals surface area contributed by atoms with Gasteiger partial charge in [-0.1, -0.05) is 29.3 Å². The predicted molar refractivity (Wildman–Crippen MR) is 72.3 cm³/mol. The summed E-state index contributed by atoms with van der Waals surface area (Å²) in [7, 11) is 1.72. The molecule has 0 aliphatic carbocycles. The Balaban J connectivity index is 2.10. The predicted octanol–water partition coefficient (Wildman–Crippen LogP) is 3.37. The van der Waals surface area contributed by atoms with Gasteiger partial charge in [0.2, 0.25) is 0 Å². The van der Waals surface area contributed by atoms with Gasteiger partial charge in [0.15, 0.2) is 0 Å². The highest BCUT2D eigenvalue weighted by Crippen LogP contribution is 2.29. The molecule has 0 fully saturated rings. The van der Waals surface area contributed by atoms with Crippen LogP contribution in [0.4, 0.5) is 16.3 Å². The number of nitrogens with one attached hydrogen (secondary N) is 2. The monoisotopic (exact) mass is 284 g/mol. The summed E-state index contributed by atoms with van der Waals surface area (Å²) in [6.45, 7) is 0. The fourth-order valence-electron chi connectivity index (χ4n) is 1.37. The smallest absolute Gasteiger partial charge is 0.305 e. The van der Waals surface area contributed by atoms with Crippen molar-refractivity contribution in [2.75, 3.05) is 10.6 Å². The van der Waals surface area contributed by atoms with Gasteiger partial charge in [0.25, 0.3) is 0 Å². The molecule has 2 amide bonds. The van der Waals surface area contributed by atoms with Gasteiger partial charge in [0.05, 0.1) is 21.9 Å². The maximum atomic E-state index is 11.8. The molecule has 5 nitrogen and oxygen atoms in total. The molecule has 0 aliphatic heterocycles. The summed E-state index contributed by atoms with van der Waals surface area (Å²) in [4.78, 5) is 11.8. The van der Waals surface area contributed by atoms with Crippen LogP contribution < -0.4 is 10.6 Å². The van der Waals surface area contributed by atoms with Gasteiger partial charge in [0.1, 0.15) is 5.82 Å². The number of halogens is 2. The SMILES string of the molecule is Cn1nccc1NC(=O)Nc1c(Cl)cccc1Cl. The van der Waals surface area contributed by atoms with Gasteiger partial charge in [0, 0.05) is 13.1 Å². The largest absolute Gasteiger partial charge is 0.324 e. The summed E-state index contributed by atoms with van der Waals surface area (Å²) in [5.74, 6) is 0.565. The number of aromatic nitrogens is 2. The maximum absolute atomic E-state index is 11.8. The van der Waals surface area contributed by atoms with Crippen molar-refractivity contribution < 1.29 is 4.79 Å². The molecule has 94 valence electrons. The van der Waals surface area contributed by atoms with E-state index in [1.165, 1.54) is 4.68 Å². The average Bonchev–Trinajstić information content (AvgIpc) is 2.70. The van der Waals surface area contributed by atoms with Crippen LogP contribution in [0.5, 0.6) is 0 Å². The lowest BCUT2D eigenvalue weighted by atomic mass is 10.3. The van der Waals surface area contributed by atoms with Crippen LogP contribution in [0.25, 0.3) is 0 Å². The third kappa shape index (κ3) is 2.75. The van der Waals surface area contributed by atoms with Crippen LogP contribution in [0.2, 0.25) is 10.0 Å². The Hall–Kier alpha value is -1.72. The molecule has 1 aromatic carbocycles. The number of amides is 2. The highest BCUT2D eigenvalue weighted by Gasteiger charge is 2.10. The third-order valence-corrected chi connectivity index (χ3v) is 2.89. The molecule has 0 unspecified atom stereocenters. The maximum Gasteiger partial charge on any atom is 0.324 e. The van der Waals surface area contributed by atoms with Crippen molar-refractivity contribution >= 4 is 40.7 Å². The van der Waals surface area contributed by atoms with E-state index < -0.39 is 6.03 Å². The summed E-state index contributed by atoms with van der Waals surface area (Å²) < 4.78 is 1.54. The third-order valence-electron chi connectivity index (χ3n) is 2.26. The number of rotatable bonds is 2. The molecule has 1 aromatic heterocycles. The Morgan fingerprint density at radius 2 is 1.89 bits per heavy atom. The van der Waals surface area contributed by atoms with Gasteiger partial charge in [-0.05, 0) is 12.1 Å². The summed E-state index contributed by atoms with van der Waals surface area (Å²) in [6.07, 6.45) is 1.58. The van der Waals surface area contributed by atoms with Crippen LogP contribution in [-0.2, 0) is 7.05 Å². The van der Waals surface area contributed by atoms with E-state index in [0.29, 0.717) is 21.6 Å². The number of aryl methyl sites for hydroxylation is 1. The van der Waals surface area contributed by atoms with Gasteiger partial charge < -0.3 is 5.32 Å². The second kappa shape index (κ2) is 5.29. The number of para-hydroxylation sites is 1. The minimum Gasteiger partial charge on any atom is -0.305 e. The van der Waals surface area contributed by atoms with E-state index in [-0.39, 0.29) is 0 Å². The molecule has 0 spiro atoms. The van der Waals surface area contributed by atoms with Gasteiger partial charge in [-0.15, -0.1) is 0 Å². The molecule has 1 heterocycles. The Bertz CT molecular complexity index is 562. The molecule has 0 atom stereocenters. The molecule has 0 saturated carbocycles. The van der Waals surface area contributed by atoms with Crippen LogP contribution in [0.15, 0.2) is 30.5 Å². The molecule has 0 saturated heterocycles. The number of hydrogen-bond acceptors (Lipinski definition) is 2. The fourth-order valence-corrected chi connectivity index (χ4v) is 1.87.